The van der Waals surface area contributed by atoms with Crippen molar-refractivity contribution in [1.29, 1.82) is 0 Å². The third kappa shape index (κ3) is 3.22. The zero-order valence-corrected chi connectivity index (χ0v) is 11.2. The Morgan fingerprint density at radius 3 is 2.63 bits per heavy atom. The molecule has 1 amide bonds. The van der Waals surface area contributed by atoms with Crippen molar-refractivity contribution < 1.29 is 18.0 Å². The summed E-state index contributed by atoms with van der Waals surface area (Å²) in [5, 5.41) is 2.50. The molecule has 19 heavy (non-hydrogen) atoms. The van der Waals surface area contributed by atoms with Crippen LogP contribution in [0.3, 0.4) is 0 Å². The van der Waals surface area contributed by atoms with Crippen LogP contribution >= 0.6 is 23.4 Å². The standard InChI is InChI=1S/C11H8ClF3N2OS/c1-5-9(18)17-10(19-5)16-8-4-6(11(13,14)15)2-3-7(8)12/h2-5H,1H3,(H,16,17,18). The maximum Gasteiger partial charge on any atom is 0.416 e. The van der Waals surface area contributed by atoms with Gasteiger partial charge < -0.3 is 5.32 Å². The topological polar surface area (TPSA) is 41.5 Å². The summed E-state index contributed by atoms with van der Waals surface area (Å²) in [6.07, 6.45) is -4.46. The fourth-order valence-corrected chi connectivity index (χ4v) is 2.37. The van der Waals surface area contributed by atoms with E-state index in [1.165, 1.54) is 0 Å². The summed E-state index contributed by atoms with van der Waals surface area (Å²) < 4.78 is 37.7. The van der Waals surface area contributed by atoms with Crippen molar-refractivity contribution in [2.24, 2.45) is 4.99 Å². The first-order valence-corrected chi connectivity index (χ1v) is 6.46. The molecule has 2 rings (SSSR count). The van der Waals surface area contributed by atoms with E-state index >= 15 is 0 Å². The maximum absolute atomic E-state index is 12.6. The molecule has 1 aliphatic rings. The zero-order chi connectivity index (χ0) is 14.2. The van der Waals surface area contributed by atoms with Gasteiger partial charge in [-0.15, -0.1) is 0 Å². The van der Waals surface area contributed by atoms with Gasteiger partial charge in [-0.25, -0.2) is 4.99 Å². The highest BCUT2D eigenvalue weighted by Crippen LogP contribution is 2.35. The third-order valence-corrected chi connectivity index (χ3v) is 3.69. The van der Waals surface area contributed by atoms with E-state index in [2.05, 4.69) is 10.3 Å². The number of nitrogens with zero attached hydrogens (tertiary/aromatic N) is 1. The Bertz CT molecular complexity index is 559. The largest absolute Gasteiger partial charge is 0.416 e. The van der Waals surface area contributed by atoms with E-state index in [0.29, 0.717) is 0 Å². The van der Waals surface area contributed by atoms with E-state index in [4.69, 9.17) is 11.6 Å². The molecule has 1 aromatic carbocycles. The molecule has 102 valence electrons. The van der Waals surface area contributed by atoms with Crippen LogP contribution in [-0.4, -0.2) is 16.3 Å². The van der Waals surface area contributed by atoms with Crippen molar-refractivity contribution in [3.05, 3.63) is 28.8 Å². The minimum Gasteiger partial charge on any atom is -0.304 e. The number of carbonyl (C=O) groups excluding carboxylic acids is 1. The highest BCUT2D eigenvalue weighted by atomic mass is 35.5. The van der Waals surface area contributed by atoms with Crippen LogP contribution in [0.15, 0.2) is 23.2 Å². The van der Waals surface area contributed by atoms with Crippen molar-refractivity contribution >= 4 is 40.1 Å². The van der Waals surface area contributed by atoms with Gasteiger partial charge in [0, 0.05) is 0 Å². The number of alkyl halides is 3. The fourth-order valence-electron chi connectivity index (χ4n) is 1.40. The van der Waals surface area contributed by atoms with E-state index in [0.717, 1.165) is 30.0 Å². The SMILES string of the molecule is CC1SC(=Nc2cc(C(F)(F)F)ccc2Cl)NC1=O. The summed E-state index contributed by atoms with van der Waals surface area (Å²) in [4.78, 5) is 15.2. The molecule has 1 saturated heterocycles. The Hall–Kier alpha value is -1.21. The molecule has 0 bridgehead atoms. The molecular formula is C11H8ClF3N2OS. The van der Waals surface area contributed by atoms with Gasteiger partial charge in [0.05, 0.1) is 21.5 Å². The van der Waals surface area contributed by atoms with Gasteiger partial charge in [0.25, 0.3) is 0 Å². The molecule has 1 heterocycles. The first-order valence-electron chi connectivity index (χ1n) is 5.20. The molecule has 0 aliphatic carbocycles. The van der Waals surface area contributed by atoms with E-state index < -0.39 is 11.7 Å². The average Bonchev–Trinajstić information content (AvgIpc) is 2.59. The Morgan fingerprint density at radius 2 is 2.11 bits per heavy atom. The van der Waals surface area contributed by atoms with Crippen LogP contribution in [0.5, 0.6) is 0 Å². The second-order valence-corrected chi connectivity index (χ2v) is 5.57. The Morgan fingerprint density at radius 1 is 1.42 bits per heavy atom. The zero-order valence-electron chi connectivity index (χ0n) is 9.58. The summed E-state index contributed by atoms with van der Waals surface area (Å²) in [7, 11) is 0. The summed E-state index contributed by atoms with van der Waals surface area (Å²) in [5.74, 6) is -0.230. The van der Waals surface area contributed by atoms with Crippen LogP contribution in [0, 0.1) is 0 Å². The Balaban J connectivity index is 2.35. The number of thioether (sulfide) groups is 1. The van der Waals surface area contributed by atoms with Crippen molar-refractivity contribution in [3.63, 3.8) is 0 Å². The number of nitrogens with one attached hydrogen (secondary N) is 1. The van der Waals surface area contributed by atoms with Gasteiger partial charge in [-0.3, -0.25) is 4.79 Å². The van der Waals surface area contributed by atoms with Crippen LogP contribution in [-0.2, 0) is 11.0 Å². The summed E-state index contributed by atoms with van der Waals surface area (Å²) in [6, 6.07) is 2.87. The van der Waals surface area contributed by atoms with Crippen LogP contribution in [0.4, 0.5) is 18.9 Å². The molecule has 1 unspecified atom stereocenters. The predicted octanol–water partition coefficient (Wildman–Crippen LogP) is 3.60. The number of hydrogen-bond donors (Lipinski definition) is 1. The summed E-state index contributed by atoms with van der Waals surface area (Å²) >= 11 is 6.94. The molecule has 0 radical (unpaired) electrons. The quantitative estimate of drug-likeness (QED) is 0.861. The number of rotatable bonds is 1. The second-order valence-electron chi connectivity index (χ2n) is 3.83. The van der Waals surface area contributed by atoms with Crippen LogP contribution in [0.25, 0.3) is 0 Å². The molecule has 3 nitrogen and oxygen atoms in total. The van der Waals surface area contributed by atoms with Crippen LogP contribution < -0.4 is 5.32 Å². The monoisotopic (exact) mass is 308 g/mol. The molecule has 1 aromatic rings. The Labute approximate surface area is 116 Å². The lowest BCUT2D eigenvalue weighted by Crippen LogP contribution is -2.23. The highest BCUT2D eigenvalue weighted by Gasteiger charge is 2.31. The number of amides is 1. The minimum atomic E-state index is -4.46. The number of hydrogen-bond acceptors (Lipinski definition) is 3. The molecule has 1 atom stereocenters. The fraction of sp³-hybridized carbons (Fsp3) is 0.273. The van der Waals surface area contributed by atoms with Gasteiger partial charge in [0.1, 0.15) is 0 Å². The molecule has 0 aromatic heterocycles. The van der Waals surface area contributed by atoms with Crippen molar-refractivity contribution in [1.82, 2.24) is 5.32 Å². The molecule has 1 N–H and O–H groups in total. The van der Waals surface area contributed by atoms with Gasteiger partial charge in [-0.1, -0.05) is 23.4 Å². The van der Waals surface area contributed by atoms with Gasteiger partial charge >= 0.3 is 6.18 Å². The Kier molecular flexibility index (Phi) is 3.78. The van der Waals surface area contributed by atoms with Crippen molar-refractivity contribution in [3.8, 4) is 0 Å². The number of carbonyl (C=O) groups is 1. The minimum absolute atomic E-state index is 0.0200. The van der Waals surface area contributed by atoms with E-state index in [1.807, 2.05) is 0 Å². The normalized spacial score (nSPS) is 21.8. The summed E-state index contributed by atoms with van der Waals surface area (Å²) in [6.45, 7) is 1.68. The summed E-state index contributed by atoms with van der Waals surface area (Å²) in [5.41, 5.74) is -0.855. The van der Waals surface area contributed by atoms with Gasteiger partial charge in [0.15, 0.2) is 5.17 Å². The molecule has 1 aliphatic heterocycles. The second kappa shape index (κ2) is 5.05. The van der Waals surface area contributed by atoms with Gasteiger partial charge in [0.2, 0.25) is 5.91 Å². The number of aliphatic imine (C=N–C) groups is 1. The lowest BCUT2D eigenvalue weighted by Gasteiger charge is -2.08. The molecular weight excluding hydrogens is 301 g/mol. The van der Waals surface area contributed by atoms with Crippen LogP contribution in [0.2, 0.25) is 5.02 Å². The highest BCUT2D eigenvalue weighted by molar-refractivity contribution is 8.15. The number of halogens is 4. The predicted molar refractivity (Wildman–Crippen MR) is 68.7 cm³/mol. The van der Waals surface area contributed by atoms with Crippen molar-refractivity contribution in [2.75, 3.05) is 0 Å². The maximum atomic E-state index is 12.6. The first kappa shape index (κ1) is 14.2. The first-order chi connectivity index (χ1) is 8.77. The van der Waals surface area contributed by atoms with Gasteiger partial charge in [-0.05, 0) is 25.1 Å². The molecule has 0 spiro atoms. The third-order valence-electron chi connectivity index (χ3n) is 2.38. The molecule has 1 fully saturated rings. The number of amidine groups is 1. The molecule has 0 saturated carbocycles. The average molecular weight is 309 g/mol. The van der Waals surface area contributed by atoms with E-state index in [9.17, 15) is 18.0 Å². The number of benzene rings is 1. The van der Waals surface area contributed by atoms with Crippen molar-refractivity contribution in [2.45, 2.75) is 18.3 Å². The van der Waals surface area contributed by atoms with Crippen LogP contribution in [0.1, 0.15) is 12.5 Å². The lowest BCUT2D eigenvalue weighted by atomic mass is 10.2. The smallest absolute Gasteiger partial charge is 0.304 e. The lowest BCUT2D eigenvalue weighted by molar-refractivity contribution is -0.137. The molecule has 8 heteroatoms. The van der Waals surface area contributed by atoms with E-state index in [1.54, 1.807) is 6.92 Å². The van der Waals surface area contributed by atoms with Gasteiger partial charge in [-0.2, -0.15) is 13.2 Å². The van der Waals surface area contributed by atoms with E-state index in [-0.39, 0.29) is 27.0 Å².